The van der Waals surface area contributed by atoms with Crippen LogP contribution < -0.4 is 10.6 Å². The summed E-state index contributed by atoms with van der Waals surface area (Å²) < 4.78 is 10.4. The molecule has 2 N–H and O–H groups in total. The zero-order chi connectivity index (χ0) is 15.1. The van der Waals surface area contributed by atoms with E-state index in [0.29, 0.717) is 6.42 Å². The number of aryl methyl sites for hydroxylation is 2. The summed E-state index contributed by atoms with van der Waals surface area (Å²) in [7, 11) is 3.11. The monoisotopic (exact) mass is 280 g/mol. The fraction of sp³-hybridized carbons (Fsp3) is 0.533. The Labute approximate surface area is 120 Å². The molecule has 20 heavy (non-hydrogen) atoms. The lowest BCUT2D eigenvalue weighted by molar-refractivity contribution is -0.120. The van der Waals surface area contributed by atoms with Gasteiger partial charge in [-0.15, -0.1) is 0 Å². The van der Waals surface area contributed by atoms with Gasteiger partial charge in [0.2, 0.25) is 0 Å². The highest BCUT2D eigenvalue weighted by Gasteiger charge is 2.21. The molecule has 1 unspecified atom stereocenters. The third kappa shape index (κ3) is 4.21. The van der Waals surface area contributed by atoms with Crippen LogP contribution in [-0.4, -0.2) is 32.6 Å². The van der Waals surface area contributed by atoms with Crippen molar-refractivity contribution in [2.24, 2.45) is 0 Å². The lowest BCUT2D eigenvalue weighted by Gasteiger charge is -2.25. The van der Waals surface area contributed by atoms with Gasteiger partial charge in [0.05, 0.1) is 6.04 Å². The Kier molecular flexibility index (Phi) is 6.48. The third-order valence-electron chi connectivity index (χ3n) is 3.27. The molecule has 1 aromatic rings. The van der Waals surface area contributed by atoms with Crippen molar-refractivity contribution in [3.05, 3.63) is 29.3 Å². The SMILES string of the molecule is CCC(NC(=O)Nc1c(C)cccc1C)C(OC)OC. The highest BCUT2D eigenvalue weighted by molar-refractivity contribution is 5.91. The van der Waals surface area contributed by atoms with Crippen LogP contribution in [0, 0.1) is 13.8 Å². The number of urea groups is 1. The fourth-order valence-corrected chi connectivity index (χ4v) is 2.12. The van der Waals surface area contributed by atoms with Crippen molar-refractivity contribution in [1.82, 2.24) is 5.32 Å². The first-order valence-corrected chi connectivity index (χ1v) is 6.72. The van der Waals surface area contributed by atoms with Gasteiger partial charge in [-0.1, -0.05) is 25.1 Å². The number of amides is 2. The van der Waals surface area contributed by atoms with Gasteiger partial charge in [0, 0.05) is 19.9 Å². The number of hydrogen-bond donors (Lipinski definition) is 2. The molecule has 0 saturated heterocycles. The molecule has 0 bridgehead atoms. The van der Waals surface area contributed by atoms with Gasteiger partial charge in [-0.05, 0) is 31.4 Å². The van der Waals surface area contributed by atoms with Crippen molar-refractivity contribution in [3.63, 3.8) is 0 Å². The van der Waals surface area contributed by atoms with Crippen molar-refractivity contribution in [3.8, 4) is 0 Å². The maximum absolute atomic E-state index is 12.1. The largest absolute Gasteiger partial charge is 0.354 e. The van der Waals surface area contributed by atoms with Crippen molar-refractivity contribution in [2.45, 2.75) is 39.5 Å². The summed E-state index contributed by atoms with van der Waals surface area (Å²) >= 11 is 0. The molecule has 0 spiro atoms. The summed E-state index contributed by atoms with van der Waals surface area (Å²) in [5.74, 6) is 0. The van der Waals surface area contributed by atoms with Crippen molar-refractivity contribution in [1.29, 1.82) is 0 Å². The Bertz CT molecular complexity index is 424. The van der Waals surface area contributed by atoms with Crippen LogP contribution in [-0.2, 0) is 9.47 Å². The summed E-state index contributed by atoms with van der Waals surface area (Å²) in [6.45, 7) is 5.90. The maximum Gasteiger partial charge on any atom is 0.319 e. The molecule has 0 fully saturated rings. The van der Waals surface area contributed by atoms with Crippen molar-refractivity contribution >= 4 is 11.7 Å². The van der Waals surface area contributed by atoms with Crippen molar-refractivity contribution < 1.29 is 14.3 Å². The molecule has 0 aliphatic heterocycles. The van der Waals surface area contributed by atoms with Gasteiger partial charge in [0.25, 0.3) is 0 Å². The highest BCUT2D eigenvalue weighted by atomic mass is 16.7. The molecule has 0 heterocycles. The van der Waals surface area contributed by atoms with Crippen molar-refractivity contribution in [2.75, 3.05) is 19.5 Å². The molecule has 0 saturated carbocycles. The molecule has 5 nitrogen and oxygen atoms in total. The molecule has 0 aliphatic carbocycles. The van der Waals surface area contributed by atoms with Crippen LogP contribution in [0.2, 0.25) is 0 Å². The minimum atomic E-state index is -0.455. The number of nitrogens with one attached hydrogen (secondary N) is 2. The normalized spacial score (nSPS) is 12.3. The number of anilines is 1. The second-order valence-electron chi connectivity index (χ2n) is 4.72. The van der Waals surface area contributed by atoms with E-state index >= 15 is 0 Å². The van der Waals surface area contributed by atoms with E-state index in [2.05, 4.69) is 10.6 Å². The number of para-hydroxylation sites is 1. The number of methoxy groups -OCH3 is 2. The summed E-state index contributed by atoms with van der Waals surface area (Å²) in [6, 6.07) is 5.44. The minimum absolute atomic E-state index is 0.200. The van der Waals surface area contributed by atoms with E-state index < -0.39 is 6.29 Å². The van der Waals surface area contributed by atoms with E-state index in [0.717, 1.165) is 16.8 Å². The van der Waals surface area contributed by atoms with Gasteiger partial charge in [-0.3, -0.25) is 0 Å². The molecule has 2 amide bonds. The Morgan fingerprint density at radius 1 is 1.20 bits per heavy atom. The summed E-state index contributed by atoms with van der Waals surface area (Å²) in [4.78, 5) is 12.1. The Morgan fingerprint density at radius 3 is 2.20 bits per heavy atom. The summed E-state index contributed by atoms with van der Waals surface area (Å²) in [5.41, 5.74) is 2.90. The first kappa shape index (κ1) is 16.5. The van der Waals surface area contributed by atoms with E-state index in [1.165, 1.54) is 0 Å². The van der Waals surface area contributed by atoms with E-state index in [4.69, 9.17) is 9.47 Å². The standard InChI is InChI=1S/C15H24N2O3/c1-6-12(14(19-4)20-5)16-15(18)17-13-10(2)8-7-9-11(13)3/h7-9,12,14H,6H2,1-5H3,(H2,16,17,18). The molecular formula is C15H24N2O3. The summed E-state index contributed by atoms with van der Waals surface area (Å²) in [5, 5.41) is 5.76. The molecule has 0 aliphatic rings. The van der Waals surface area contributed by atoms with Gasteiger partial charge < -0.3 is 20.1 Å². The predicted octanol–water partition coefficient (Wildman–Crippen LogP) is 2.82. The number of carbonyl (C=O) groups is 1. The molecule has 112 valence electrons. The fourth-order valence-electron chi connectivity index (χ4n) is 2.12. The van der Waals surface area contributed by atoms with Gasteiger partial charge in [-0.25, -0.2) is 4.79 Å². The van der Waals surface area contributed by atoms with E-state index in [9.17, 15) is 4.79 Å². The highest BCUT2D eigenvalue weighted by Crippen LogP contribution is 2.19. The lowest BCUT2D eigenvalue weighted by Crippen LogP contribution is -2.46. The number of hydrogen-bond acceptors (Lipinski definition) is 3. The number of ether oxygens (including phenoxy) is 2. The molecule has 5 heteroatoms. The Morgan fingerprint density at radius 2 is 1.75 bits per heavy atom. The van der Waals surface area contributed by atoms with Gasteiger partial charge in [0.1, 0.15) is 0 Å². The first-order valence-electron chi connectivity index (χ1n) is 6.72. The third-order valence-corrected chi connectivity index (χ3v) is 3.27. The van der Waals surface area contributed by atoms with Crippen LogP contribution in [0.1, 0.15) is 24.5 Å². The Balaban J connectivity index is 2.71. The Hall–Kier alpha value is -1.59. The van der Waals surface area contributed by atoms with Crippen LogP contribution in [0.4, 0.5) is 10.5 Å². The number of rotatable bonds is 6. The van der Waals surface area contributed by atoms with Gasteiger partial charge in [-0.2, -0.15) is 0 Å². The zero-order valence-corrected chi connectivity index (χ0v) is 12.8. The molecule has 1 aromatic carbocycles. The second-order valence-corrected chi connectivity index (χ2v) is 4.72. The topological polar surface area (TPSA) is 59.6 Å². The maximum atomic E-state index is 12.1. The number of benzene rings is 1. The van der Waals surface area contributed by atoms with E-state index in [-0.39, 0.29) is 12.1 Å². The average Bonchev–Trinajstić information content (AvgIpc) is 2.43. The quantitative estimate of drug-likeness (QED) is 0.788. The molecule has 0 radical (unpaired) electrons. The van der Waals surface area contributed by atoms with Gasteiger partial charge >= 0.3 is 6.03 Å². The summed E-state index contributed by atoms with van der Waals surface area (Å²) in [6.07, 6.45) is 0.260. The smallest absolute Gasteiger partial charge is 0.319 e. The van der Waals surface area contributed by atoms with E-state index in [1.54, 1.807) is 14.2 Å². The van der Waals surface area contributed by atoms with Gasteiger partial charge in [0.15, 0.2) is 6.29 Å². The minimum Gasteiger partial charge on any atom is -0.354 e. The lowest BCUT2D eigenvalue weighted by atomic mass is 10.1. The zero-order valence-electron chi connectivity index (χ0n) is 12.8. The number of carbonyl (C=O) groups excluding carboxylic acids is 1. The van der Waals surface area contributed by atoms with Crippen LogP contribution in [0.25, 0.3) is 0 Å². The molecule has 0 aromatic heterocycles. The predicted molar refractivity (Wildman–Crippen MR) is 80.0 cm³/mol. The molecular weight excluding hydrogens is 256 g/mol. The first-order chi connectivity index (χ1) is 9.53. The van der Waals surface area contributed by atoms with Crippen LogP contribution in [0.5, 0.6) is 0 Å². The van der Waals surface area contributed by atoms with Crippen LogP contribution in [0.15, 0.2) is 18.2 Å². The van der Waals surface area contributed by atoms with E-state index in [1.807, 2.05) is 39.0 Å². The second kappa shape index (κ2) is 7.87. The van der Waals surface area contributed by atoms with Crippen LogP contribution >= 0.6 is 0 Å². The van der Waals surface area contributed by atoms with Crippen LogP contribution in [0.3, 0.4) is 0 Å². The average molecular weight is 280 g/mol. The molecule has 1 rings (SSSR count). The molecule has 1 atom stereocenters.